The van der Waals surface area contributed by atoms with Crippen molar-refractivity contribution in [3.63, 3.8) is 0 Å². The van der Waals surface area contributed by atoms with Crippen molar-refractivity contribution in [2.45, 2.75) is 6.42 Å². The Hall–Kier alpha value is -2.71. The Morgan fingerprint density at radius 1 is 1.09 bits per heavy atom. The van der Waals surface area contributed by atoms with E-state index in [-0.39, 0.29) is 18.3 Å². The van der Waals surface area contributed by atoms with Gasteiger partial charge in [0.25, 0.3) is 0 Å². The summed E-state index contributed by atoms with van der Waals surface area (Å²) in [6, 6.07) is 15.0. The van der Waals surface area contributed by atoms with Crippen LogP contribution in [0.5, 0.6) is 0 Å². The first-order valence-electron chi connectivity index (χ1n) is 6.92. The molecule has 0 fully saturated rings. The van der Waals surface area contributed by atoms with Crippen molar-refractivity contribution in [2.75, 3.05) is 18.4 Å². The molecular formula is C17H16FN3O. The molecule has 0 aromatic heterocycles. The molecule has 2 aromatic carbocycles. The lowest BCUT2D eigenvalue weighted by molar-refractivity contribution is -0.115. The van der Waals surface area contributed by atoms with Crippen LogP contribution in [0.25, 0.3) is 0 Å². The minimum Gasteiger partial charge on any atom is -0.325 e. The predicted octanol–water partition coefficient (Wildman–Crippen LogP) is 2.47. The molecule has 22 heavy (non-hydrogen) atoms. The molecule has 0 aliphatic heterocycles. The maximum absolute atomic E-state index is 12.7. The van der Waals surface area contributed by atoms with Crippen LogP contribution in [0.4, 0.5) is 10.1 Å². The standard InChI is InChI=1S/C17H16FN3O/c18-15-5-1-13(2-6-15)9-10-20-12-17(22)21-16-7-3-14(11-19)4-8-16/h1-8,20H,9-10,12H2,(H,21,22). The number of amides is 1. The molecule has 0 aliphatic rings. The average Bonchev–Trinajstić information content (AvgIpc) is 2.54. The number of benzene rings is 2. The molecule has 2 aromatic rings. The summed E-state index contributed by atoms with van der Waals surface area (Å²) < 4.78 is 12.7. The highest BCUT2D eigenvalue weighted by Gasteiger charge is 2.02. The molecule has 5 heteroatoms. The van der Waals surface area contributed by atoms with Gasteiger partial charge in [-0.2, -0.15) is 5.26 Å². The third-order valence-electron chi connectivity index (χ3n) is 3.09. The van der Waals surface area contributed by atoms with Crippen LogP contribution in [0.15, 0.2) is 48.5 Å². The monoisotopic (exact) mass is 297 g/mol. The summed E-state index contributed by atoms with van der Waals surface area (Å²) in [7, 11) is 0. The maximum Gasteiger partial charge on any atom is 0.238 e. The molecule has 4 nitrogen and oxygen atoms in total. The molecule has 2 N–H and O–H groups in total. The van der Waals surface area contributed by atoms with Crippen molar-refractivity contribution in [3.8, 4) is 6.07 Å². The normalized spacial score (nSPS) is 10.0. The van der Waals surface area contributed by atoms with Crippen molar-refractivity contribution >= 4 is 11.6 Å². The number of hydrogen-bond acceptors (Lipinski definition) is 3. The molecular weight excluding hydrogens is 281 g/mol. The highest BCUT2D eigenvalue weighted by Crippen LogP contribution is 2.08. The van der Waals surface area contributed by atoms with Gasteiger partial charge in [-0.1, -0.05) is 12.1 Å². The largest absolute Gasteiger partial charge is 0.325 e. The SMILES string of the molecule is N#Cc1ccc(NC(=O)CNCCc2ccc(F)cc2)cc1. The number of carbonyl (C=O) groups excluding carboxylic acids is 1. The zero-order valence-electron chi connectivity index (χ0n) is 12.0. The molecule has 0 unspecified atom stereocenters. The van der Waals surface area contributed by atoms with Crippen LogP contribution in [0.1, 0.15) is 11.1 Å². The van der Waals surface area contributed by atoms with Gasteiger partial charge in [-0.3, -0.25) is 4.79 Å². The van der Waals surface area contributed by atoms with Crippen molar-refractivity contribution in [1.82, 2.24) is 5.32 Å². The summed E-state index contributed by atoms with van der Waals surface area (Å²) in [5.74, 6) is -0.401. The molecule has 1 amide bonds. The maximum atomic E-state index is 12.7. The van der Waals surface area contributed by atoms with E-state index in [9.17, 15) is 9.18 Å². The van der Waals surface area contributed by atoms with Gasteiger partial charge >= 0.3 is 0 Å². The van der Waals surface area contributed by atoms with E-state index in [1.807, 2.05) is 6.07 Å². The molecule has 112 valence electrons. The Morgan fingerprint density at radius 3 is 2.41 bits per heavy atom. The predicted molar refractivity (Wildman–Crippen MR) is 82.8 cm³/mol. The lowest BCUT2D eigenvalue weighted by Crippen LogP contribution is -2.29. The fourth-order valence-corrected chi connectivity index (χ4v) is 1.92. The Morgan fingerprint density at radius 2 is 1.77 bits per heavy atom. The third kappa shape index (κ3) is 5.00. The number of hydrogen-bond donors (Lipinski definition) is 2. The van der Waals surface area contributed by atoms with Crippen LogP contribution in [-0.2, 0) is 11.2 Å². The van der Waals surface area contributed by atoms with E-state index in [1.54, 1.807) is 36.4 Å². The average molecular weight is 297 g/mol. The van der Waals surface area contributed by atoms with Crippen LogP contribution in [0.3, 0.4) is 0 Å². The second kappa shape index (κ2) is 7.91. The summed E-state index contributed by atoms with van der Waals surface area (Å²) in [5, 5.41) is 14.5. The number of carbonyl (C=O) groups is 1. The third-order valence-corrected chi connectivity index (χ3v) is 3.09. The van der Waals surface area contributed by atoms with Gasteiger partial charge in [-0.05, 0) is 54.9 Å². The lowest BCUT2D eigenvalue weighted by Gasteiger charge is -2.07. The molecule has 0 saturated carbocycles. The number of halogens is 1. The summed E-state index contributed by atoms with van der Waals surface area (Å²) in [4.78, 5) is 11.7. The Bertz CT molecular complexity index is 660. The number of rotatable bonds is 6. The first kappa shape index (κ1) is 15.7. The van der Waals surface area contributed by atoms with Gasteiger partial charge in [-0.25, -0.2) is 4.39 Å². The number of nitrogens with zero attached hydrogens (tertiary/aromatic N) is 1. The first-order chi connectivity index (χ1) is 10.7. The van der Waals surface area contributed by atoms with Crippen LogP contribution < -0.4 is 10.6 Å². The van der Waals surface area contributed by atoms with Crippen molar-refractivity contribution < 1.29 is 9.18 Å². The van der Waals surface area contributed by atoms with Crippen LogP contribution in [-0.4, -0.2) is 19.0 Å². The van der Waals surface area contributed by atoms with E-state index in [2.05, 4.69) is 10.6 Å². The second-order valence-corrected chi connectivity index (χ2v) is 4.79. The molecule has 0 heterocycles. The van der Waals surface area contributed by atoms with E-state index in [1.165, 1.54) is 12.1 Å². The number of nitriles is 1. The van der Waals surface area contributed by atoms with Gasteiger partial charge in [-0.15, -0.1) is 0 Å². The van der Waals surface area contributed by atoms with Gasteiger partial charge in [0, 0.05) is 5.69 Å². The van der Waals surface area contributed by atoms with Crippen molar-refractivity contribution in [2.24, 2.45) is 0 Å². The second-order valence-electron chi connectivity index (χ2n) is 4.79. The first-order valence-corrected chi connectivity index (χ1v) is 6.92. The highest BCUT2D eigenvalue weighted by molar-refractivity contribution is 5.92. The summed E-state index contributed by atoms with van der Waals surface area (Å²) >= 11 is 0. The van der Waals surface area contributed by atoms with Crippen molar-refractivity contribution in [3.05, 3.63) is 65.5 Å². The molecule has 2 rings (SSSR count). The van der Waals surface area contributed by atoms with Crippen LogP contribution >= 0.6 is 0 Å². The zero-order valence-corrected chi connectivity index (χ0v) is 12.0. The van der Waals surface area contributed by atoms with Gasteiger partial charge in [0.05, 0.1) is 18.2 Å². The minimum atomic E-state index is -0.251. The molecule has 0 spiro atoms. The van der Waals surface area contributed by atoms with Gasteiger partial charge in [0.1, 0.15) is 5.82 Å². The van der Waals surface area contributed by atoms with Crippen LogP contribution in [0, 0.1) is 17.1 Å². The highest BCUT2D eigenvalue weighted by atomic mass is 19.1. The summed E-state index contributed by atoms with van der Waals surface area (Å²) in [6.07, 6.45) is 0.727. The van der Waals surface area contributed by atoms with Gasteiger partial charge in [0.2, 0.25) is 5.91 Å². The quantitative estimate of drug-likeness (QED) is 0.805. The fourth-order valence-electron chi connectivity index (χ4n) is 1.92. The van der Waals surface area contributed by atoms with E-state index in [0.29, 0.717) is 17.8 Å². The molecule has 0 atom stereocenters. The van der Waals surface area contributed by atoms with E-state index in [4.69, 9.17) is 5.26 Å². The zero-order chi connectivity index (χ0) is 15.8. The number of anilines is 1. The summed E-state index contributed by atoms with van der Waals surface area (Å²) in [5.41, 5.74) is 2.22. The minimum absolute atomic E-state index is 0.149. The molecule has 0 aliphatic carbocycles. The molecule has 0 radical (unpaired) electrons. The van der Waals surface area contributed by atoms with Crippen molar-refractivity contribution in [1.29, 1.82) is 5.26 Å². The molecule has 0 bridgehead atoms. The Balaban J connectivity index is 1.69. The topological polar surface area (TPSA) is 64.9 Å². The van der Waals surface area contributed by atoms with Crippen LogP contribution in [0.2, 0.25) is 0 Å². The van der Waals surface area contributed by atoms with Gasteiger partial charge in [0.15, 0.2) is 0 Å². The van der Waals surface area contributed by atoms with E-state index < -0.39 is 0 Å². The molecule has 0 saturated heterocycles. The van der Waals surface area contributed by atoms with Gasteiger partial charge < -0.3 is 10.6 Å². The van der Waals surface area contributed by atoms with E-state index >= 15 is 0 Å². The lowest BCUT2D eigenvalue weighted by atomic mass is 10.1. The smallest absolute Gasteiger partial charge is 0.238 e. The number of nitrogens with one attached hydrogen (secondary N) is 2. The van der Waals surface area contributed by atoms with E-state index in [0.717, 1.165) is 12.0 Å². The summed E-state index contributed by atoms with van der Waals surface area (Å²) in [6.45, 7) is 0.827. The Labute approximate surface area is 128 Å². The fraction of sp³-hybridized carbons (Fsp3) is 0.176. The Kier molecular flexibility index (Phi) is 5.64.